The molecule has 0 aliphatic carbocycles. The molecule has 0 amide bonds. The maximum atomic E-state index is 15.6. The van der Waals surface area contributed by atoms with E-state index in [9.17, 15) is 9.18 Å². The highest BCUT2D eigenvalue weighted by Crippen LogP contribution is 2.29. The molecular weight excluding hydrogens is 594 g/mol. The predicted octanol–water partition coefficient (Wildman–Crippen LogP) is 6.00. The second-order valence-corrected chi connectivity index (χ2v) is 11.5. The SMILES string of the molecule is COCCn1c(Cc2nc(N)c(-c3cccc(OCc4ccc(C#N)cc4F)n3)cc2F)nc2ccc(C(=O)OC(C)(C)C)cc21. The van der Waals surface area contributed by atoms with Gasteiger partial charge in [0.2, 0.25) is 5.88 Å². The van der Waals surface area contributed by atoms with E-state index >= 15 is 4.39 Å². The van der Waals surface area contributed by atoms with Crippen LogP contribution in [0.4, 0.5) is 14.6 Å². The molecule has 0 fully saturated rings. The van der Waals surface area contributed by atoms with E-state index in [0.29, 0.717) is 41.3 Å². The van der Waals surface area contributed by atoms with Gasteiger partial charge >= 0.3 is 5.97 Å². The molecule has 3 aromatic heterocycles. The number of nitrogens with two attached hydrogens (primary N) is 1. The zero-order valence-electron chi connectivity index (χ0n) is 25.8. The van der Waals surface area contributed by atoms with Crippen LogP contribution in [0.15, 0.2) is 60.7 Å². The molecule has 0 aliphatic rings. The molecule has 0 saturated heterocycles. The number of esters is 1. The number of carbonyl (C=O) groups excluding carboxylic acids is 1. The second-order valence-electron chi connectivity index (χ2n) is 11.5. The van der Waals surface area contributed by atoms with E-state index in [-0.39, 0.29) is 47.1 Å². The quantitative estimate of drug-likeness (QED) is 0.185. The topological polar surface area (TPSA) is 138 Å². The van der Waals surface area contributed by atoms with Crippen LogP contribution >= 0.6 is 0 Å². The Morgan fingerprint density at radius 1 is 1.02 bits per heavy atom. The molecule has 0 aliphatic heterocycles. The van der Waals surface area contributed by atoms with E-state index in [2.05, 4.69) is 9.97 Å². The third-order valence-corrected chi connectivity index (χ3v) is 6.94. The summed E-state index contributed by atoms with van der Waals surface area (Å²) in [5, 5.41) is 8.94. The van der Waals surface area contributed by atoms with Crippen molar-refractivity contribution >= 4 is 22.8 Å². The number of anilines is 1. The van der Waals surface area contributed by atoms with Crippen molar-refractivity contribution in [2.75, 3.05) is 19.5 Å². The molecule has 0 spiro atoms. The molecule has 236 valence electrons. The Kier molecular flexibility index (Phi) is 9.25. The molecule has 5 aromatic rings. The number of ether oxygens (including phenoxy) is 3. The fourth-order valence-corrected chi connectivity index (χ4v) is 4.76. The third kappa shape index (κ3) is 7.27. The molecule has 0 atom stereocenters. The molecule has 0 radical (unpaired) electrons. The predicted molar refractivity (Wildman–Crippen MR) is 167 cm³/mol. The Labute approximate surface area is 264 Å². The number of halogens is 2. The van der Waals surface area contributed by atoms with Gasteiger partial charge in [-0.2, -0.15) is 5.26 Å². The van der Waals surface area contributed by atoms with Crippen LogP contribution in [-0.4, -0.2) is 44.8 Å². The van der Waals surface area contributed by atoms with Gasteiger partial charge in [-0.1, -0.05) is 12.1 Å². The second kappa shape index (κ2) is 13.3. The number of nitrogen functional groups attached to an aromatic ring is 1. The number of hydrogen-bond donors (Lipinski definition) is 1. The van der Waals surface area contributed by atoms with E-state index in [1.54, 1.807) is 64.3 Å². The maximum absolute atomic E-state index is 15.6. The molecule has 0 unspecified atom stereocenters. The highest BCUT2D eigenvalue weighted by molar-refractivity contribution is 5.94. The van der Waals surface area contributed by atoms with Gasteiger partial charge in [-0.25, -0.2) is 28.5 Å². The molecule has 12 heteroatoms. The monoisotopic (exact) mass is 626 g/mol. The lowest BCUT2D eigenvalue weighted by Gasteiger charge is -2.19. The van der Waals surface area contributed by atoms with Gasteiger partial charge in [-0.3, -0.25) is 0 Å². The van der Waals surface area contributed by atoms with Crippen molar-refractivity contribution in [3.8, 4) is 23.2 Å². The number of nitriles is 1. The van der Waals surface area contributed by atoms with Crippen LogP contribution in [-0.2, 0) is 29.0 Å². The Morgan fingerprint density at radius 3 is 2.54 bits per heavy atom. The number of nitrogens with zero attached hydrogens (tertiary/aromatic N) is 5. The molecule has 46 heavy (non-hydrogen) atoms. The normalized spacial score (nSPS) is 11.4. The summed E-state index contributed by atoms with van der Waals surface area (Å²) < 4.78 is 48.2. The minimum atomic E-state index is -0.655. The van der Waals surface area contributed by atoms with Gasteiger partial charge in [0.25, 0.3) is 0 Å². The summed E-state index contributed by atoms with van der Waals surface area (Å²) in [4.78, 5) is 26.2. The summed E-state index contributed by atoms with van der Waals surface area (Å²) in [7, 11) is 1.57. The maximum Gasteiger partial charge on any atom is 0.338 e. The Bertz CT molecular complexity index is 1960. The molecule has 10 nitrogen and oxygen atoms in total. The fraction of sp³-hybridized carbons (Fsp3) is 0.265. The number of methoxy groups -OCH3 is 1. The minimum absolute atomic E-state index is 0.0171. The Morgan fingerprint density at radius 2 is 1.83 bits per heavy atom. The van der Waals surface area contributed by atoms with E-state index in [4.69, 9.17) is 30.2 Å². The summed E-state index contributed by atoms with van der Waals surface area (Å²) in [6.45, 7) is 6.02. The summed E-state index contributed by atoms with van der Waals surface area (Å²) in [5.74, 6) is -0.919. The first-order chi connectivity index (χ1) is 22.0. The Balaban J connectivity index is 1.40. The van der Waals surface area contributed by atoms with Crippen molar-refractivity contribution in [3.63, 3.8) is 0 Å². The third-order valence-electron chi connectivity index (χ3n) is 6.94. The summed E-state index contributed by atoms with van der Waals surface area (Å²) in [5.41, 5.74) is 8.40. The number of carbonyl (C=O) groups is 1. The summed E-state index contributed by atoms with van der Waals surface area (Å²) >= 11 is 0. The molecule has 0 bridgehead atoms. The molecular formula is C34H32F2N6O4. The lowest BCUT2D eigenvalue weighted by molar-refractivity contribution is 0.00696. The Hall–Kier alpha value is -5.41. The number of aromatic nitrogens is 4. The van der Waals surface area contributed by atoms with Crippen LogP contribution in [0, 0.1) is 23.0 Å². The van der Waals surface area contributed by atoms with E-state index in [1.165, 1.54) is 18.2 Å². The number of fused-ring (bicyclic) bond motifs is 1. The average molecular weight is 627 g/mol. The average Bonchev–Trinajstić information content (AvgIpc) is 3.36. The summed E-state index contributed by atoms with van der Waals surface area (Å²) in [6, 6.07) is 17.2. The largest absolute Gasteiger partial charge is 0.473 e. The smallest absolute Gasteiger partial charge is 0.338 e. The van der Waals surface area contributed by atoms with Crippen molar-refractivity contribution in [2.45, 2.75) is 45.9 Å². The van der Waals surface area contributed by atoms with Gasteiger partial charge in [0.15, 0.2) is 0 Å². The van der Waals surface area contributed by atoms with Crippen molar-refractivity contribution in [3.05, 3.63) is 101 Å². The van der Waals surface area contributed by atoms with Crippen LogP contribution < -0.4 is 10.5 Å². The first-order valence-corrected chi connectivity index (χ1v) is 14.4. The highest BCUT2D eigenvalue weighted by atomic mass is 19.1. The van der Waals surface area contributed by atoms with Crippen LogP contribution in [0.5, 0.6) is 5.88 Å². The van der Waals surface area contributed by atoms with E-state index < -0.39 is 23.2 Å². The first kappa shape index (κ1) is 32.0. The molecule has 2 N–H and O–H groups in total. The van der Waals surface area contributed by atoms with Crippen LogP contribution in [0.2, 0.25) is 0 Å². The van der Waals surface area contributed by atoms with Crippen LogP contribution in [0.1, 0.15) is 53.8 Å². The number of benzene rings is 2. The minimum Gasteiger partial charge on any atom is -0.473 e. The van der Waals surface area contributed by atoms with E-state index in [1.807, 2.05) is 10.6 Å². The molecule has 2 aromatic carbocycles. The zero-order valence-corrected chi connectivity index (χ0v) is 25.8. The standard InChI is InChI=1S/C34H32F2N6O4/c1-34(2,3)46-33(43)21-10-11-27-29(15-21)42(12-13-44-4)30(39-27)17-28-25(36)16-23(32(38)41-28)26-6-5-7-31(40-26)45-19-22-9-8-20(18-37)14-24(22)35/h5-11,14-16H,12-13,17,19H2,1-4H3,(H2,38,41). The van der Waals surface area contributed by atoms with Crippen molar-refractivity contribution < 1.29 is 27.8 Å². The van der Waals surface area contributed by atoms with Crippen molar-refractivity contribution in [2.24, 2.45) is 0 Å². The first-order valence-electron chi connectivity index (χ1n) is 14.4. The molecule has 0 saturated carbocycles. The lowest BCUT2D eigenvalue weighted by Crippen LogP contribution is -2.23. The van der Waals surface area contributed by atoms with Crippen LogP contribution in [0.3, 0.4) is 0 Å². The van der Waals surface area contributed by atoms with Gasteiger partial charge in [0, 0.05) is 30.8 Å². The summed E-state index contributed by atoms with van der Waals surface area (Å²) in [6.07, 6.45) is 0.0171. The fourth-order valence-electron chi connectivity index (χ4n) is 4.76. The van der Waals surface area contributed by atoms with Crippen molar-refractivity contribution in [1.82, 2.24) is 19.5 Å². The van der Waals surface area contributed by atoms with Crippen molar-refractivity contribution in [1.29, 1.82) is 5.26 Å². The molecule has 3 heterocycles. The van der Waals surface area contributed by atoms with E-state index in [0.717, 1.165) is 6.07 Å². The number of hydrogen-bond acceptors (Lipinski definition) is 9. The van der Waals surface area contributed by atoms with Gasteiger partial charge in [-0.15, -0.1) is 0 Å². The van der Waals surface area contributed by atoms with Gasteiger partial charge in [0.1, 0.15) is 35.5 Å². The van der Waals surface area contributed by atoms with Gasteiger partial charge in [-0.05, 0) is 63.2 Å². The van der Waals surface area contributed by atoms with Gasteiger partial charge < -0.3 is 24.5 Å². The number of rotatable bonds is 10. The number of pyridine rings is 2. The zero-order chi connectivity index (χ0) is 33.0. The van der Waals surface area contributed by atoms with Crippen LogP contribution in [0.25, 0.3) is 22.3 Å². The molecule has 5 rings (SSSR count). The van der Waals surface area contributed by atoms with Gasteiger partial charge in [0.05, 0.1) is 52.6 Å². The lowest BCUT2D eigenvalue weighted by atomic mass is 10.1. The number of imidazole rings is 1. The highest BCUT2D eigenvalue weighted by Gasteiger charge is 2.21.